The van der Waals surface area contributed by atoms with E-state index in [1.165, 1.54) is 11.4 Å². The summed E-state index contributed by atoms with van der Waals surface area (Å²) in [6.45, 7) is 5.39. The first kappa shape index (κ1) is 8.68. The van der Waals surface area contributed by atoms with Gasteiger partial charge in [0.25, 0.3) is 0 Å². The maximum absolute atomic E-state index is 4.23. The standard InChI is InChI=1S/C8H14N2S/c1-3-4-9-7(2)8-10-5-6-11-8/h5-7,9H,3-4H2,1-2H3/t7-/m1/s1. The van der Waals surface area contributed by atoms with E-state index >= 15 is 0 Å². The molecule has 1 N–H and O–H groups in total. The highest BCUT2D eigenvalue weighted by Gasteiger charge is 2.04. The van der Waals surface area contributed by atoms with Crippen LogP contribution < -0.4 is 5.32 Å². The van der Waals surface area contributed by atoms with Crippen molar-refractivity contribution in [3.05, 3.63) is 16.6 Å². The van der Waals surface area contributed by atoms with E-state index in [1.54, 1.807) is 11.3 Å². The molecule has 0 unspecified atom stereocenters. The quantitative estimate of drug-likeness (QED) is 0.749. The highest BCUT2D eigenvalue weighted by Crippen LogP contribution is 2.13. The van der Waals surface area contributed by atoms with Crippen molar-refractivity contribution in [2.75, 3.05) is 6.54 Å². The summed E-state index contributed by atoms with van der Waals surface area (Å²) in [6.07, 6.45) is 3.03. The Morgan fingerprint density at radius 2 is 2.55 bits per heavy atom. The van der Waals surface area contributed by atoms with Crippen molar-refractivity contribution in [2.24, 2.45) is 0 Å². The molecule has 0 saturated carbocycles. The van der Waals surface area contributed by atoms with E-state index in [9.17, 15) is 0 Å². The van der Waals surface area contributed by atoms with Gasteiger partial charge in [0.15, 0.2) is 0 Å². The fourth-order valence-electron chi connectivity index (χ4n) is 0.896. The molecule has 0 aliphatic heterocycles. The number of rotatable bonds is 4. The fourth-order valence-corrected chi connectivity index (χ4v) is 1.57. The fraction of sp³-hybridized carbons (Fsp3) is 0.625. The predicted molar refractivity (Wildman–Crippen MR) is 48.8 cm³/mol. The zero-order valence-corrected chi connectivity index (χ0v) is 7.82. The molecule has 0 aliphatic carbocycles. The van der Waals surface area contributed by atoms with Crippen molar-refractivity contribution in [3.8, 4) is 0 Å². The third-order valence-electron chi connectivity index (χ3n) is 1.52. The minimum absolute atomic E-state index is 0.412. The zero-order valence-electron chi connectivity index (χ0n) is 7.00. The maximum atomic E-state index is 4.23. The Bertz CT molecular complexity index is 184. The summed E-state index contributed by atoms with van der Waals surface area (Å²) in [5.41, 5.74) is 0. The number of hydrogen-bond acceptors (Lipinski definition) is 3. The molecule has 0 saturated heterocycles. The summed E-state index contributed by atoms with van der Waals surface area (Å²) in [6, 6.07) is 0.412. The second-order valence-corrected chi connectivity index (χ2v) is 3.47. The van der Waals surface area contributed by atoms with E-state index < -0.39 is 0 Å². The SMILES string of the molecule is CCCN[C@H](C)c1nccs1. The molecular weight excluding hydrogens is 156 g/mol. The molecule has 11 heavy (non-hydrogen) atoms. The molecule has 1 heterocycles. The summed E-state index contributed by atoms with van der Waals surface area (Å²) in [5, 5.41) is 6.58. The molecule has 1 aromatic heterocycles. The van der Waals surface area contributed by atoms with Crippen molar-refractivity contribution >= 4 is 11.3 Å². The van der Waals surface area contributed by atoms with Gasteiger partial charge in [-0.25, -0.2) is 4.98 Å². The van der Waals surface area contributed by atoms with E-state index in [1.807, 2.05) is 11.6 Å². The van der Waals surface area contributed by atoms with Gasteiger partial charge in [0.2, 0.25) is 0 Å². The van der Waals surface area contributed by atoms with Gasteiger partial charge in [-0.05, 0) is 19.9 Å². The van der Waals surface area contributed by atoms with Crippen molar-refractivity contribution in [1.29, 1.82) is 0 Å². The van der Waals surface area contributed by atoms with E-state index in [0.717, 1.165) is 6.54 Å². The molecule has 1 aromatic rings. The van der Waals surface area contributed by atoms with Crippen LogP contribution in [0.1, 0.15) is 31.3 Å². The minimum atomic E-state index is 0.412. The van der Waals surface area contributed by atoms with Gasteiger partial charge in [0.1, 0.15) is 5.01 Å². The molecule has 0 aromatic carbocycles. The molecule has 0 radical (unpaired) electrons. The van der Waals surface area contributed by atoms with Gasteiger partial charge in [-0.15, -0.1) is 11.3 Å². The first-order chi connectivity index (χ1) is 5.34. The average molecular weight is 170 g/mol. The summed E-state index contributed by atoms with van der Waals surface area (Å²) >= 11 is 1.71. The van der Waals surface area contributed by atoms with Crippen LogP contribution in [0.3, 0.4) is 0 Å². The Hall–Kier alpha value is -0.410. The Morgan fingerprint density at radius 1 is 1.73 bits per heavy atom. The first-order valence-corrected chi connectivity index (χ1v) is 4.85. The molecular formula is C8H14N2S. The van der Waals surface area contributed by atoms with Crippen LogP contribution in [0.2, 0.25) is 0 Å². The Labute approximate surface area is 71.7 Å². The van der Waals surface area contributed by atoms with Gasteiger partial charge in [0, 0.05) is 11.6 Å². The van der Waals surface area contributed by atoms with E-state index in [2.05, 4.69) is 24.1 Å². The lowest BCUT2D eigenvalue weighted by Crippen LogP contribution is -2.18. The summed E-state index contributed by atoms with van der Waals surface area (Å²) in [4.78, 5) is 4.23. The molecule has 3 heteroatoms. The van der Waals surface area contributed by atoms with E-state index in [4.69, 9.17) is 0 Å². The van der Waals surface area contributed by atoms with Crippen molar-refractivity contribution < 1.29 is 0 Å². The lowest BCUT2D eigenvalue weighted by atomic mass is 10.3. The molecule has 0 fully saturated rings. The second-order valence-electron chi connectivity index (χ2n) is 2.55. The zero-order chi connectivity index (χ0) is 8.10. The first-order valence-electron chi connectivity index (χ1n) is 3.97. The van der Waals surface area contributed by atoms with Crippen molar-refractivity contribution in [1.82, 2.24) is 10.3 Å². The number of aromatic nitrogens is 1. The largest absolute Gasteiger partial charge is 0.308 e. The van der Waals surface area contributed by atoms with Crippen molar-refractivity contribution in [3.63, 3.8) is 0 Å². The third-order valence-corrected chi connectivity index (χ3v) is 2.48. The molecule has 0 spiro atoms. The van der Waals surface area contributed by atoms with Gasteiger partial charge in [-0.1, -0.05) is 6.92 Å². The van der Waals surface area contributed by atoms with Gasteiger partial charge < -0.3 is 5.32 Å². The van der Waals surface area contributed by atoms with Crippen LogP contribution in [0, 0.1) is 0 Å². The maximum Gasteiger partial charge on any atom is 0.109 e. The lowest BCUT2D eigenvalue weighted by molar-refractivity contribution is 0.568. The molecule has 0 aliphatic rings. The molecule has 1 rings (SSSR count). The highest BCUT2D eigenvalue weighted by molar-refractivity contribution is 7.09. The number of nitrogens with zero attached hydrogens (tertiary/aromatic N) is 1. The van der Waals surface area contributed by atoms with Gasteiger partial charge in [-0.3, -0.25) is 0 Å². The summed E-state index contributed by atoms with van der Waals surface area (Å²) < 4.78 is 0. The summed E-state index contributed by atoms with van der Waals surface area (Å²) in [5.74, 6) is 0. The Balaban J connectivity index is 2.36. The van der Waals surface area contributed by atoms with E-state index in [-0.39, 0.29) is 0 Å². The monoisotopic (exact) mass is 170 g/mol. The van der Waals surface area contributed by atoms with Crippen LogP contribution in [-0.2, 0) is 0 Å². The smallest absolute Gasteiger partial charge is 0.109 e. The predicted octanol–water partition coefficient (Wildman–Crippen LogP) is 2.20. The van der Waals surface area contributed by atoms with Crippen LogP contribution >= 0.6 is 11.3 Å². The second kappa shape index (κ2) is 4.46. The number of hydrogen-bond donors (Lipinski definition) is 1. The summed E-state index contributed by atoms with van der Waals surface area (Å²) in [7, 11) is 0. The van der Waals surface area contributed by atoms with Crippen LogP contribution in [0.15, 0.2) is 11.6 Å². The molecule has 0 amide bonds. The topological polar surface area (TPSA) is 24.9 Å². The number of nitrogens with one attached hydrogen (secondary N) is 1. The van der Waals surface area contributed by atoms with Crippen LogP contribution in [0.5, 0.6) is 0 Å². The highest BCUT2D eigenvalue weighted by atomic mass is 32.1. The van der Waals surface area contributed by atoms with Crippen LogP contribution in [0.25, 0.3) is 0 Å². The Morgan fingerprint density at radius 3 is 3.09 bits per heavy atom. The molecule has 62 valence electrons. The molecule has 0 bridgehead atoms. The molecule has 1 atom stereocenters. The van der Waals surface area contributed by atoms with Gasteiger partial charge in [0.05, 0.1) is 6.04 Å². The number of thiazole rings is 1. The van der Waals surface area contributed by atoms with Gasteiger partial charge >= 0.3 is 0 Å². The van der Waals surface area contributed by atoms with Crippen LogP contribution in [0.4, 0.5) is 0 Å². The average Bonchev–Trinajstić information content (AvgIpc) is 2.52. The Kier molecular flexibility index (Phi) is 3.52. The minimum Gasteiger partial charge on any atom is -0.308 e. The van der Waals surface area contributed by atoms with Gasteiger partial charge in [-0.2, -0.15) is 0 Å². The van der Waals surface area contributed by atoms with Crippen molar-refractivity contribution in [2.45, 2.75) is 26.3 Å². The van der Waals surface area contributed by atoms with Crippen LogP contribution in [-0.4, -0.2) is 11.5 Å². The van der Waals surface area contributed by atoms with E-state index in [0.29, 0.717) is 6.04 Å². The lowest BCUT2D eigenvalue weighted by Gasteiger charge is -2.08. The third kappa shape index (κ3) is 2.60. The normalized spacial score (nSPS) is 13.3. The molecule has 2 nitrogen and oxygen atoms in total.